The van der Waals surface area contributed by atoms with Crippen LogP contribution in [0.25, 0.3) is 0 Å². The Balaban J connectivity index is 1.46. The molecule has 3 aromatic rings. The lowest BCUT2D eigenvalue weighted by Crippen LogP contribution is -2.32. The van der Waals surface area contributed by atoms with E-state index in [-0.39, 0.29) is 16.2 Å². The zero-order valence-corrected chi connectivity index (χ0v) is 18.3. The summed E-state index contributed by atoms with van der Waals surface area (Å²) >= 11 is 0. The molecule has 0 aromatic heterocycles. The van der Waals surface area contributed by atoms with Gasteiger partial charge < -0.3 is 5.32 Å². The average molecular weight is 435 g/mol. The Kier molecular flexibility index (Phi) is 5.83. The van der Waals surface area contributed by atoms with E-state index >= 15 is 0 Å². The molecule has 1 amide bonds. The number of sulfonamides is 1. The molecule has 5 nitrogen and oxygen atoms in total. The van der Waals surface area contributed by atoms with Gasteiger partial charge in [0.05, 0.1) is 10.6 Å². The van der Waals surface area contributed by atoms with Gasteiger partial charge in [-0.25, -0.2) is 8.42 Å². The molecule has 0 spiro atoms. The van der Waals surface area contributed by atoms with Crippen molar-refractivity contribution in [1.82, 2.24) is 5.32 Å². The molecule has 0 unspecified atom stereocenters. The standard InChI is InChI=1S/C25H26N2O3S/c1-2-27(22-11-7-4-8-12-22)31(29,30)23-15-13-20(14-16-23)24(28)26-19-25(17-18-25)21-9-5-3-6-10-21/h3-16H,2,17-19H2,1H3,(H,26,28). The first-order valence-electron chi connectivity index (χ1n) is 10.5. The van der Waals surface area contributed by atoms with Gasteiger partial charge in [-0.2, -0.15) is 0 Å². The van der Waals surface area contributed by atoms with Gasteiger partial charge in [0.2, 0.25) is 0 Å². The molecule has 3 aromatic carbocycles. The summed E-state index contributed by atoms with van der Waals surface area (Å²) in [5.74, 6) is -0.193. The zero-order valence-electron chi connectivity index (χ0n) is 17.5. The van der Waals surface area contributed by atoms with Crippen LogP contribution in [0.4, 0.5) is 5.69 Å². The third-order valence-corrected chi connectivity index (χ3v) is 7.78. The molecule has 0 atom stereocenters. The van der Waals surface area contributed by atoms with E-state index < -0.39 is 10.0 Å². The van der Waals surface area contributed by atoms with Gasteiger partial charge in [0.15, 0.2) is 0 Å². The summed E-state index contributed by atoms with van der Waals surface area (Å²) in [6.45, 7) is 2.69. The topological polar surface area (TPSA) is 66.5 Å². The van der Waals surface area contributed by atoms with Crippen molar-refractivity contribution in [1.29, 1.82) is 0 Å². The first-order valence-corrected chi connectivity index (χ1v) is 11.9. The van der Waals surface area contributed by atoms with Crippen molar-refractivity contribution in [3.05, 3.63) is 96.1 Å². The first kappa shape index (κ1) is 21.1. The fraction of sp³-hybridized carbons (Fsp3) is 0.240. The van der Waals surface area contributed by atoms with Crippen LogP contribution < -0.4 is 9.62 Å². The third kappa shape index (κ3) is 4.35. The lowest BCUT2D eigenvalue weighted by atomic mass is 9.96. The number of rotatable bonds is 8. The number of para-hydroxylation sites is 1. The maximum atomic E-state index is 13.1. The van der Waals surface area contributed by atoms with Crippen molar-refractivity contribution < 1.29 is 13.2 Å². The summed E-state index contributed by atoms with van der Waals surface area (Å²) in [6, 6.07) is 25.4. The van der Waals surface area contributed by atoms with Crippen molar-refractivity contribution >= 4 is 21.6 Å². The van der Waals surface area contributed by atoms with Crippen LogP contribution in [0.5, 0.6) is 0 Å². The Morgan fingerprint density at radius 1 is 0.903 bits per heavy atom. The highest BCUT2D eigenvalue weighted by Crippen LogP contribution is 2.47. The number of anilines is 1. The highest BCUT2D eigenvalue weighted by molar-refractivity contribution is 7.92. The van der Waals surface area contributed by atoms with Crippen LogP contribution >= 0.6 is 0 Å². The Bertz CT molecular complexity index is 1140. The van der Waals surface area contributed by atoms with Crippen LogP contribution in [0.15, 0.2) is 89.8 Å². The highest BCUT2D eigenvalue weighted by Gasteiger charge is 2.44. The van der Waals surface area contributed by atoms with E-state index in [9.17, 15) is 13.2 Å². The van der Waals surface area contributed by atoms with E-state index in [1.54, 1.807) is 31.2 Å². The fourth-order valence-corrected chi connectivity index (χ4v) is 5.33. The van der Waals surface area contributed by atoms with Crippen molar-refractivity contribution in [3.63, 3.8) is 0 Å². The van der Waals surface area contributed by atoms with Gasteiger partial charge >= 0.3 is 0 Å². The van der Waals surface area contributed by atoms with Gasteiger partial charge in [0.1, 0.15) is 0 Å². The van der Waals surface area contributed by atoms with Gasteiger partial charge in [-0.1, -0.05) is 48.5 Å². The van der Waals surface area contributed by atoms with Crippen LogP contribution in [-0.4, -0.2) is 27.4 Å². The van der Waals surface area contributed by atoms with Crippen LogP contribution in [0.2, 0.25) is 0 Å². The number of hydrogen-bond acceptors (Lipinski definition) is 3. The van der Waals surface area contributed by atoms with Gasteiger partial charge in [-0.3, -0.25) is 9.10 Å². The summed E-state index contributed by atoms with van der Waals surface area (Å²) in [5, 5.41) is 3.02. The number of amides is 1. The molecule has 1 fully saturated rings. The predicted octanol–water partition coefficient (Wildman–Crippen LogP) is 4.36. The molecule has 1 aliphatic rings. The molecule has 4 rings (SSSR count). The first-order chi connectivity index (χ1) is 15.0. The Morgan fingerprint density at radius 3 is 2.03 bits per heavy atom. The van der Waals surface area contributed by atoms with E-state index in [0.29, 0.717) is 24.3 Å². The summed E-state index contributed by atoms with van der Waals surface area (Å²) in [4.78, 5) is 12.8. The number of benzene rings is 3. The lowest BCUT2D eigenvalue weighted by molar-refractivity contribution is 0.0949. The summed E-state index contributed by atoms with van der Waals surface area (Å²) in [5.41, 5.74) is 2.34. The second-order valence-corrected chi connectivity index (χ2v) is 9.72. The molecule has 160 valence electrons. The number of carbonyl (C=O) groups is 1. The molecular formula is C25H26N2O3S. The highest BCUT2D eigenvalue weighted by atomic mass is 32.2. The Labute approximate surface area is 183 Å². The maximum absolute atomic E-state index is 13.1. The smallest absolute Gasteiger partial charge is 0.264 e. The van der Waals surface area contributed by atoms with Gasteiger partial charge in [-0.05, 0) is 61.7 Å². The number of carbonyl (C=O) groups excluding carboxylic acids is 1. The second kappa shape index (κ2) is 8.55. The molecule has 0 saturated heterocycles. The van der Waals surface area contributed by atoms with E-state index in [1.165, 1.54) is 22.0 Å². The second-order valence-electron chi connectivity index (χ2n) is 7.86. The molecule has 0 heterocycles. The molecule has 1 N–H and O–H groups in total. The molecule has 0 bridgehead atoms. The zero-order chi connectivity index (χ0) is 21.9. The fourth-order valence-electron chi connectivity index (χ4n) is 3.85. The minimum atomic E-state index is -3.71. The molecule has 31 heavy (non-hydrogen) atoms. The Hall–Kier alpha value is -3.12. The van der Waals surface area contributed by atoms with E-state index in [2.05, 4.69) is 17.4 Å². The van der Waals surface area contributed by atoms with Gasteiger partial charge in [-0.15, -0.1) is 0 Å². The molecule has 6 heteroatoms. The Morgan fingerprint density at radius 2 is 1.48 bits per heavy atom. The molecule has 0 aliphatic heterocycles. The van der Waals surface area contributed by atoms with E-state index in [1.807, 2.05) is 36.4 Å². The SMILES string of the molecule is CCN(c1ccccc1)S(=O)(=O)c1ccc(C(=O)NCC2(c3ccccc3)CC2)cc1. The monoisotopic (exact) mass is 434 g/mol. The van der Waals surface area contributed by atoms with Crippen LogP contribution in [0, 0.1) is 0 Å². The molecule has 1 aliphatic carbocycles. The van der Waals surface area contributed by atoms with Crippen LogP contribution in [0.3, 0.4) is 0 Å². The normalized spacial score (nSPS) is 14.6. The minimum absolute atomic E-state index is 0.0253. The predicted molar refractivity (Wildman–Crippen MR) is 123 cm³/mol. The van der Waals surface area contributed by atoms with E-state index in [0.717, 1.165) is 12.8 Å². The average Bonchev–Trinajstić information content (AvgIpc) is 3.60. The quantitative estimate of drug-likeness (QED) is 0.573. The van der Waals surface area contributed by atoms with Crippen molar-refractivity contribution in [2.75, 3.05) is 17.4 Å². The van der Waals surface area contributed by atoms with Crippen molar-refractivity contribution in [3.8, 4) is 0 Å². The summed E-state index contributed by atoms with van der Waals surface area (Å²) in [7, 11) is -3.71. The largest absolute Gasteiger partial charge is 0.351 e. The summed E-state index contributed by atoms with van der Waals surface area (Å²) < 4.78 is 27.5. The van der Waals surface area contributed by atoms with E-state index in [4.69, 9.17) is 0 Å². The molecule has 0 radical (unpaired) electrons. The lowest BCUT2D eigenvalue weighted by Gasteiger charge is -2.23. The van der Waals surface area contributed by atoms with Crippen molar-refractivity contribution in [2.45, 2.75) is 30.1 Å². The maximum Gasteiger partial charge on any atom is 0.264 e. The van der Waals surface area contributed by atoms with Crippen LogP contribution in [-0.2, 0) is 15.4 Å². The van der Waals surface area contributed by atoms with Crippen molar-refractivity contribution in [2.24, 2.45) is 0 Å². The number of hydrogen-bond donors (Lipinski definition) is 1. The number of nitrogens with zero attached hydrogens (tertiary/aromatic N) is 1. The van der Waals surface area contributed by atoms with Gasteiger partial charge in [0.25, 0.3) is 15.9 Å². The van der Waals surface area contributed by atoms with Crippen LogP contribution in [0.1, 0.15) is 35.7 Å². The number of nitrogens with one attached hydrogen (secondary N) is 1. The molecule has 1 saturated carbocycles. The third-order valence-electron chi connectivity index (χ3n) is 5.86. The minimum Gasteiger partial charge on any atom is -0.351 e. The molecular weight excluding hydrogens is 408 g/mol. The summed E-state index contributed by atoms with van der Waals surface area (Å²) in [6.07, 6.45) is 2.11. The van der Waals surface area contributed by atoms with Gasteiger partial charge in [0, 0.05) is 24.1 Å².